The van der Waals surface area contributed by atoms with Crippen molar-refractivity contribution in [3.8, 4) is 0 Å². The Morgan fingerprint density at radius 2 is 2.11 bits per heavy atom. The minimum Gasteiger partial charge on any atom is -0.481 e. The zero-order valence-electron chi connectivity index (χ0n) is 10.8. The molecule has 0 fully saturated rings. The van der Waals surface area contributed by atoms with E-state index in [1.807, 2.05) is 19.9 Å². The minimum absolute atomic E-state index is 0.194. The molecule has 1 heterocycles. The Labute approximate surface area is 109 Å². The highest BCUT2D eigenvalue weighted by atomic mass is 16.4. The van der Waals surface area contributed by atoms with Crippen LogP contribution in [0.5, 0.6) is 0 Å². The molecule has 0 bridgehead atoms. The van der Waals surface area contributed by atoms with Gasteiger partial charge in [-0.2, -0.15) is 0 Å². The quantitative estimate of drug-likeness (QED) is 0.879. The second-order valence-electron chi connectivity index (χ2n) is 4.68. The Balaban J connectivity index is 2.64. The Bertz CT molecular complexity index is 702. The molecule has 3 N–H and O–H groups in total. The summed E-state index contributed by atoms with van der Waals surface area (Å²) in [4.78, 5) is 23.0. The highest BCUT2D eigenvalue weighted by Gasteiger charge is 2.17. The predicted molar refractivity (Wildman–Crippen MR) is 71.1 cm³/mol. The van der Waals surface area contributed by atoms with Crippen LogP contribution in [0.25, 0.3) is 11.0 Å². The van der Waals surface area contributed by atoms with E-state index < -0.39 is 12.0 Å². The SMILES string of the molecule is Cc1cc(C)c2occ(C(N)CC(=O)O)c(=O)c2c1. The first-order chi connectivity index (χ1) is 8.90. The molecule has 0 aliphatic rings. The molecular formula is C14H15NO4. The van der Waals surface area contributed by atoms with E-state index in [0.717, 1.165) is 11.1 Å². The van der Waals surface area contributed by atoms with Gasteiger partial charge in [0.2, 0.25) is 0 Å². The second kappa shape index (κ2) is 4.85. The van der Waals surface area contributed by atoms with Gasteiger partial charge in [-0.3, -0.25) is 9.59 Å². The van der Waals surface area contributed by atoms with Gasteiger partial charge < -0.3 is 15.3 Å². The molecule has 1 unspecified atom stereocenters. The van der Waals surface area contributed by atoms with E-state index in [2.05, 4.69) is 0 Å². The van der Waals surface area contributed by atoms with Gasteiger partial charge in [0, 0.05) is 6.04 Å². The Morgan fingerprint density at radius 1 is 1.42 bits per heavy atom. The highest BCUT2D eigenvalue weighted by molar-refractivity contribution is 5.81. The van der Waals surface area contributed by atoms with Crippen LogP contribution in [0, 0.1) is 13.8 Å². The summed E-state index contributed by atoms with van der Waals surface area (Å²) in [6, 6.07) is 2.78. The molecule has 5 nitrogen and oxygen atoms in total. The average Bonchev–Trinajstić information content (AvgIpc) is 2.29. The number of benzene rings is 1. The van der Waals surface area contributed by atoms with E-state index >= 15 is 0 Å². The lowest BCUT2D eigenvalue weighted by Crippen LogP contribution is -2.22. The van der Waals surface area contributed by atoms with E-state index in [4.69, 9.17) is 15.3 Å². The molecule has 0 saturated carbocycles. The summed E-state index contributed by atoms with van der Waals surface area (Å²) in [5.41, 5.74) is 7.98. The normalized spacial score (nSPS) is 12.6. The second-order valence-corrected chi connectivity index (χ2v) is 4.68. The fraction of sp³-hybridized carbons (Fsp3) is 0.286. The van der Waals surface area contributed by atoms with Crippen molar-refractivity contribution in [2.75, 3.05) is 0 Å². The average molecular weight is 261 g/mol. The zero-order chi connectivity index (χ0) is 14.2. The van der Waals surface area contributed by atoms with Crippen molar-refractivity contribution in [2.45, 2.75) is 26.3 Å². The van der Waals surface area contributed by atoms with Crippen LogP contribution < -0.4 is 11.2 Å². The van der Waals surface area contributed by atoms with Crippen molar-refractivity contribution in [1.29, 1.82) is 0 Å². The Kier molecular flexibility index (Phi) is 3.40. The molecule has 0 aliphatic heterocycles. The van der Waals surface area contributed by atoms with Crippen molar-refractivity contribution in [3.05, 3.63) is 45.3 Å². The molecule has 0 spiro atoms. The lowest BCUT2D eigenvalue weighted by atomic mass is 10.0. The lowest BCUT2D eigenvalue weighted by Gasteiger charge is -2.10. The first kappa shape index (κ1) is 13.3. The standard InChI is InChI=1S/C14H15NO4/c1-7-3-8(2)14-9(4-7)13(18)10(6-19-14)11(15)5-12(16)17/h3-4,6,11H,5,15H2,1-2H3,(H,16,17). The molecule has 0 aliphatic carbocycles. The maximum atomic E-state index is 12.3. The molecule has 2 rings (SSSR count). The topological polar surface area (TPSA) is 93.5 Å². The molecule has 0 saturated heterocycles. The van der Waals surface area contributed by atoms with E-state index in [1.165, 1.54) is 6.26 Å². The molecule has 2 aromatic rings. The third kappa shape index (κ3) is 2.51. The number of rotatable bonds is 3. The van der Waals surface area contributed by atoms with Crippen LogP contribution >= 0.6 is 0 Å². The van der Waals surface area contributed by atoms with Gasteiger partial charge in [-0.1, -0.05) is 6.07 Å². The molecule has 1 atom stereocenters. The van der Waals surface area contributed by atoms with Gasteiger partial charge in [-0.05, 0) is 31.0 Å². The van der Waals surface area contributed by atoms with Gasteiger partial charge in [0.1, 0.15) is 5.58 Å². The maximum Gasteiger partial charge on any atom is 0.305 e. The van der Waals surface area contributed by atoms with Gasteiger partial charge in [0.05, 0.1) is 23.6 Å². The summed E-state index contributed by atoms with van der Waals surface area (Å²) >= 11 is 0. The Morgan fingerprint density at radius 3 is 2.74 bits per heavy atom. The van der Waals surface area contributed by atoms with Crippen molar-refractivity contribution < 1.29 is 14.3 Å². The molecule has 1 aromatic carbocycles. The van der Waals surface area contributed by atoms with Gasteiger partial charge in [-0.25, -0.2) is 0 Å². The number of nitrogens with two attached hydrogens (primary N) is 1. The van der Waals surface area contributed by atoms with Crippen LogP contribution in [0.3, 0.4) is 0 Å². The predicted octanol–water partition coefficient (Wildman–Crippen LogP) is 1.88. The summed E-state index contributed by atoms with van der Waals surface area (Å²) in [6.45, 7) is 3.74. The number of hydrogen-bond acceptors (Lipinski definition) is 4. The third-order valence-electron chi connectivity index (χ3n) is 3.02. The maximum absolute atomic E-state index is 12.3. The van der Waals surface area contributed by atoms with Crippen LogP contribution in [0.2, 0.25) is 0 Å². The number of carboxylic acids is 1. The molecule has 1 aromatic heterocycles. The molecule has 100 valence electrons. The summed E-state index contributed by atoms with van der Waals surface area (Å²) in [6.07, 6.45) is 0.960. The van der Waals surface area contributed by atoms with E-state index in [1.54, 1.807) is 6.07 Å². The molecule has 19 heavy (non-hydrogen) atoms. The van der Waals surface area contributed by atoms with Crippen molar-refractivity contribution in [1.82, 2.24) is 0 Å². The number of aryl methyl sites for hydroxylation is 2. The number of hydrogen-bond donors (Lipinski definition) is 2. The molecule has 0 amide bonds. The van der Waals surface area contributed by atoms with Crippen molar-refractivity contribution in [2.24, 2.45) is 5.73 Å². The van der Waals surface area contributed by atoms with Gasteiger partial charge in [0.15, 0.2) is 5.43 Å². The Hall–Kier alpha value is -2.14. The number of carbonyl (C=O) groups is 1. The summed E-state index contributed by atoms with van der Waals surface area (Å²) in [7, 11) is 0. The van der Waals surface area contributed by atoms with Crippen LogP contribution in [0.4, 0.5) is 0 Å². The minimum atomic E-state index is -1.05. The summed E-state index contributed by atoms with van der Waals surface area (Å²) in [5.74, 6) is -1.05. The lowest BCUT2D eigenvalue weighted by molar-refractivity contribution is -0.137. The smallest absolute Gasteiger partial charge is 0.305 e. The first-order valence-electron chi connectivity index (χ1n) is 5.90. The van der Waals surface area contributed by atoms with E-state index in [9.17, 15) is 9.59 Å². The van der Waals surface area contributed by atoms with Crippen molar-refractivity contribution >= 4 is 16.9 Å². The van der Waals surface area contributed by atoms with E-state index in [-0.39, 0.29) is 17.4 Å². The largest absolute Gasteiger partial charge is 0.481 e. The van der Waals surface area contributed by atoms with Gasteiger partial charge in [0.25, 0.3) is 0 Å². The summed E-state index contributed by atoms with van der Waals surface area (Å²) in [5, 5.41) is 9.17. The van der Waals surface area contributed by atoms with Crippen LogP contribution in [0.15, 0.2) is 27.6 Å². The zero-order valence-corrected chi connectivity index (χ0v) is 10.8. The highest BCUT2D eigenvalue weighted by Crippen LogP contribution is 2.20. The van der Waals surface area contributed by atoms with Gasteiger partial charge in [-0.15, -0.1) is 0 Å². The van der Waals surface area contributed by atoms with Crippen LogP contribution in [-0.4, -0.2) is 11.1 Å². The van der Waals surface area contributed by atoms with Gasteiger partial charge >= 0.3 is 5.97 Å². The third-order valence-corrected chi connectivity index (χ3v) is 3.02. The number of aliphatic carboxylic acids is 1. The summed E-state index contributed by atoms with van der Waals surface area (Å²) < 4.78 is 5.44. The van der Waals surface area contributed by atoms with Crippen molar-refractivity contribution in [3.63, 3.8) is 0 Å². The first-order valence-corrected chi connectivity index (χ1v) is 5.90. The fourth-order valence-corrected chi connectivity index (χ4v) is 2.16. The fourth-order valence-electron chi connectivity index (χ4n) is 2.16. The monoisotopic (exact) mass is 261 g/mol. The van der Waals surface area contributed by atoms with Crippen LogP contribution in [-0.2, 0) is 4.79 Å². The van der Waals surface area contributed by atoms with E-state index in [0.29, 0.717) is 11.0 Å². The molecular weight excluding hydrogens is 246 g/mol. The molecule has 0 radical (unpaired) electrons. The molecule has 5 heteroatoms. The number of carboxylic acid groups (broad SMARTS) is 1. The number of fused-ring (bicyclic) bond motifs is 1. The van der Waals surface area contributed by atoms with Crippen LogP contribution in [0.1, 0.15) is 29.2 Å².